The predicted molar refractivity (Wildman–Crippen MR) is 79.3 cm³/mol. The fourth-order valence-corrected chi connectivity index (χ4v) is 2.13. The molecule has 0 aliphatic rings. The Labute approximate surface area is 114 Å². The second kappa shape index (κ2) is 5.89. The molecular weight excluding hydrogens is 236 g/mol. The van der Waals surface area contributed by atoms with E-state index in [4.69, 9.17) is 0 Å². The molecule has 1 aromatic heterocycles. The van der Waals surface area contributed by atoms with Gasteiger partial charge in [0.15, 0.2) is 0 Å². The van der Waals surface area contributed by atoms with Crippen molar-refractivity contribution >= 4 is 5.69 Å². The van der Waals surface area contributed by atoms with Gasteiger partial charge in [-0.3, -0.25) is 5.10 Å². The second-order valence-corrected chi connectivity index (χ2v) is 5.13. The van der Waals surface area contributed by atoms with Gasteiger partial charge in [0, 0.05) is 43.6 Å². The number of H-pyrrole nitrogens is 1. The van der Waals surface area contributed by atoms with Gasteiger partial charge in [0.25, 0.3) is 0 Å². The highest BCUT2D eigenvalue weighted by Crippen LogP contribution is 2.21. The zero-order chi connectivity index (χ0) is 13.8. The highest BCUT2D eigenvalue weighted by Gasteiger charge is 2.11. The number of hydrogen-bond donors (Lipinski definition) is 2. The Morgan fingerprint density at radius 3 is 2.21 bits per heavy atom. The third-order valence-electron chi connectivity index (χ3n) is 3.43. The third kappa shape index (κ3) is 3.35. The minimum atomic E-state index is 0.280. The van der Waals surface area contributed by atoms with Gasteiger partial charge in [0.05, 0.1) is 6.20 Å². The summed E-state index contributed by atoms with van der Waals surface area (Å²) in [6.45, 7) is 4.33. The van der Waals surface area contributed by atoms with Gasteiger partial charge in [-0.2, -0.15) is 5.10 Å². The topological polar surface area (TPSA) is 44.0 Å². The summed E-state index contributed by atoms with van der Waals surface area (Å²) in [5.74, 6) is 0. The van der Waals surface area contributed by atoms with E-state index in [-0.39, 0.29) is 6.04 Å². The first-order chi connectivity index (χ1) is 9.08. The van der Waals surface area contributed by atoms with Crippen LogP contribution in [-0.2, 0) is 0 Å². The SMILES string of the molecule is CC(NC(C)c1cn[nH]c1)c1ccc(N(C)C)cc1. The van der Waals surface area contributed by atoms with Crippen LogP contribution in [0.5, 0.6) is 0 Å². The van der Waals surface area contributed by atoms with Crippen LogP contribution < -0.4 is 10.2 Å². The van der Waals surface area contributed by atoms with Crippen molar-refractivity contribution in [1.82, 2.24) is 15.5 Å². The maximum absolute atomic E-state index is 3.98. The Morgan fingerprint density at radius 1 is 1.05 bits per heavy atom. The Balaban J connectivity index is 2.01. The molecule has 0 radical (unpaired) electrons. The van der Waals surface area contributed by atoms with Crippen molar-refractivity contribution in [2.45, 2.75) is 25.9 Å². The van der Waals surface area contributed by atoms with Gasteiger partial charge in [-0.15, -0.1) is 0 Å². The summed E-state index contributed by atoms with van der Waals surface area (Å²) in [4.78, 5) is 2.11. The molecule has 2 N–H and O–H groups in total. The van der Waals surface area contributed by atoms with E-state index in [2.05, 4.69) is 72.6 Å². The summed E-state index contributed by atoms with van der Waals surface area (Å²) in [6.07, 6.45) is 3.79. The largest absolute Gasteiger partial charge is 0.378 e. The Kier molecular flexibility index (Phi) is 4.22. The van der Waals surface area contributed by atoms with Crippen LogP contribution in [0.2, 0.25) is 0 Å². The van der Waals surface area contributed by atoms with Gasteiger partial charge in [-0.05, 0) is 31.5 Å². The van der Waals surface area contributed by atoms with Gasteiger partial charge in [-0.25, -0.2) is 0 Å². The van der Waals surface area contributed by atoms with Crippen molar-refractivity contribution in [1.29, 1.82) is 0 Å². The molecule has 1 aromatic carbocycles. The van der Waals surface area contributed by atoms with Crippen molar-refractivity contribution in [3.8, 4) is 0 Å². The van der Waals surface area contributed by atoms with Gasteiger partial charge in [0.2, 0.25) is 0 Å². The summed E-state index contributed by atoms with van der Waals surface area (Å²) in [5.41, 5.74) is 3.69. The summed E-state index contributed by atoms with van der Waals surface area (Å²) < 4.78 is 0. The molecule has 102 valence electrons. The molecule has 0 spiro atoms. The molecule has 2 rings (SSSR count). The first-order valence-electron chi connectivity index (χ1n) is 6.60. The van der Waals surface area contributed by atoms with E-state index in [0.717, 1.165) is 0 Å². The van der Waals surface area contributed by atoms with Gasteiger partial charge in [0.1, 0.15) is 0 Å². The zero-order valence-electron chi connectivity index (χ0n) is 12.0. The number of anilines is 1. The number of benzene rings is 1. The number of nitrogens with zero attached hydrogens (tertiary/aromatic N) is 2. The van der Waals surface area contributed by atoms with Crippen molar-refractivity contribution in [2.75, 3.05) is 19.0 Å². The Hall–Kier alpha value is -1.81. The number of nitrogens with one attached hydrogen (secondary N) is 2. The molecule has 2 atom stereocenters. The first-order valence-corrected chi connectivity index (χ1v) is 6.60. The minimum Gasteiger partial charge on any atom is -0.378 e. The monoisotopic (exact) mass is 258 g/mol. The fraction of sp³-hybridized carbons (Fsp3) is 0.400. The molecular formula is C15H22N4. The molecule has 0 saturated carbocycles. The van der Waals surface area contributed by atoms with Crippen LogP contribution in [-0.4, -0.2) is 24.3 Å². The molecule has 19 heavy (non-hydrogen) atoms. The average molecular weight is 258 g/mol. The van der Waals surface area contributed by atoms with Crippen molar-refractivity contribution in [3.05, 3.63) is 47.8 Å². The molecule has 4 heteroatoms. The van der Waals surface area contributed by atoms with E-state index in [1.54, 1.807) is 0 Å². The molecule has 2 aromatic rings. The van der Waals surface area contributed by atoms with Crippen LogP contribution >= 0.6 is 0 Å². The van der Waals surface area contributed by atoms with E-state index in [0.29, 0.717) is 6.04 Å². The number of aromatic amines is 1. The molecule has 2 unspecified atom stereocenters. The van der Waals surface area contributed by atoms with E-state index >= 15 is 0 Å². The molecule has 0 amide bonds. The number of rotatable bonds is 5. The van der Waals surface area contributed by atoms with E-state index in [1.807, 2.05) is 12.4 Å². The predicted octanol–water partition coefficient (Wildman–Crippen LogP) is 2.89. The van der Waals surface area contributed by atoms with Crippen LogP contribution in [0.3, 0.4) is 0 Å². The average Bonchev–Trinajstić information content (AvgIpc) is 2.92. The normalized spacial score (nSPS) is 14.1. The summed E-state index contributed by atoms with van der Waals surface area (Å²) >= 11 is 0. The number of aromatic nitrogens is 2. The smallest absolute Gasteiger partial charge is 0.0534 e. The number of hydrogen-bond acceptors (Lipinski definition) is 3. The van der Waals surface area contributed by atoms with Crippen LogP contribution in [0.15, 0.2) is 36.7 Å². The standard InChI is InChI=1S/C15H22N4/c1-11(18-12(2)14-9-16-17-10-14)13-5-7-15(8-6-13)19(3)4/h5-12,18H,1-4H3,(H,16,17). The third-order valence-corrected chi connectivity index (χ3v) is 3.43. The summed E-state index contributed by atoms with van der Waals surface area (Å²) in [5, 5.41) is 10.4. The van der Waals surface area contributed by atoms with E-state index in [9.17, 15) is 0 Å². The maximum Gasteiger partial charge on any atom is 0.0534 e. The summed E-state index contributed by atoms with van der Waals surface area (Å²) in [6, 6.07) is 9.24. The highest BCUT2D eigenvalue weighted by atomic mass is 15.1. The summed E-state index contributed by atoms with van der Waals surface area (Å²) in [7, 11) is 4.11. The van der Waals surface area contributed by atoms with Crippen LogP contribution in [0.1, 0.15) is 37.1 Å². The fourth-order valence-electron chi connectivity index (χ4n) is 2.13. The van der Waals surface area contributed by atoms with Crippen molar-refractivity contribution in [3.63, 3.8) is 0 Å². The van der Waals surface area contributed by atoms with E-state index < -0.39 is 0 Å². The lowest BCUT2D eigenvalue weighted by Crippen LogP contribution is -2.22. The molecule has 0 fully saturated rings. The Bertz CT molecular complexity index is 487. The lowest BCUT2D eigenvalue weighted by molar-refractivity contribution is 0.495. The van der Waals surface area contributed by atoms with Gasteiger partial charge < -0.3 is 10.2 Å². The van der Waals surface area contributed by atoms with Crippen LogP contribution in [0.25, 0.3) is 0 Å². The molecule has 1 heterocycles. The van der Waals surface area contributed by atoms with Crippen LogP contribution in [0.4, 0.5) is 5.69 Å². The lowest BCUT2D eigenvalue weighted by Gasteiger charge is -2.20. The molecule has 0 saturated heterocycles. The van der Waals surface area contributed by atoms with Gasteiger partial charge in [-0.1, -0.05) is 12.1 Å². The molecule has 0 aliphatic heterocycles. The maximum atomic E-state index is 3.98. The second-order valence-electron chi connectivity index (χ2n) is 5.13. The molecule has 0 bridgehead atoms. The zero-order valence-corrected chi connectivity index (χ0v) is 12.0. The highest BCUT2D eigenvalue weighted by molar-refractivity contribution is 5.46. The van der Waals surface area contributed by atoms with E-state index in [1.165, 1.54) is 16.8 Å². The Morgan fingerprint density at radius 2 is 1.68 bits per heavy atom. The minimum absolute atomic E-state index is 0.280. The van der Waals surface area contributed by atoms with Crippen LogP contribution in [0, 0.1) is 0 Å². The molecule has 0 aliphatic carbocycles. The van der Waals surface area contributed by atoms with Crippen molar-refractivity contribution < 1.29 is 0 Å². The van der Waals surface area contributed by atoms with Gasteiger partial charge >= 0.3 is 0 Å². The lowest BCUT2D eigenvalue weighted by atomic mass is 10.1. The quantitative estimate of drug-likeness (QED) is 0.866. The first kappa shape index (κ1) is 13.6. The molecule has 4 nitrogen and oxygen atoms in total. The van der Waals surface area contributed by atoms with Crippen molar-refractivity contribution in [2.24, 2.45) is 0 Å².